The lowest BCUT2D eigenvalue weighted by molar-refractivity contribution is 0.349. The molecular formula is C18H21N3O4S. The third kappa shape index (κ3) is 5.00. The average molecular weight is 375 g/mol. The van der Waals surface area contributed by atoms with Crippen LogP contribution >= 0.6 is 12.2 Å². The summed E-state index contributed by atoms with van der Waals surface area (Å²) in [4.78, 5) is 0. The van der Waals surface area contributed by atoms with Crippen molar-refractivity contribution in [1.29, 1.82) is 0 Å². The van der Waals surface area contributed by atoms with Crippen molar-refractivity contribution in [3.63, 3.8) is 0 Å². The molecule has 0 bridgehead atoms. The Morgan fingerprint density at radius 1 is 0.885 bits per heavy atom. The molecule has 2 rings (SSSR count). The summed E-state index contributed by atoms with van der Waals surface area (Å²) in [5, 5.41) is 7.51. The van der Waals surface area contributed by atoms with Crippen LogP contribution in [0.1, 0.15) is 5.56 Å². The van der Waals surface area contributed by atoms with Crippen LogP contribution in [-0.4, -0.2) is 39.8 Å². The summed E-state index contributed by atoms with van der Waals surface area (Å²) in [6.45, 7) is 0. The Labute approximate surface area is 157 Å². The van der Waals surface area contributed by atoms with Crippen LogP contribution in [0.3, 0.4) is 0 Å². The van der Waals surface area contributed by atoms with Crippen LogP contribution in [0, 0.1) is 0 Å². The number of anilines is 1. The van der Waals surface area contributed by atoms with E-state index >= 15 is 0 Å². The Balaban J connectivity index is 2.03. The normalized spacial score (nSPS) is 10.3. The monoisotopic (exact) mass is 375 g/mol. The van der Waals surface area contributed by atoms with E-state index in [1.54, 1.807) is 46.8 Å². The van der Waals surface area contributed by atoms with Crippen molar-refractivity contribution in [2.75, 3.05) is 33.8 Å². The summed E-state index contributed by atoms with van der Waals surface area (Å²) in [5.41, 5.74) is 4.29. The Bertz CT molecular complexity index is 779. The quantitative estimate of drug-likeness (QED) is 0.438. The molecular weight excluding hydrogens is 354 g/mol. The van der Waals surface area contributed by atoms with Gasteiger partial charge in [0.25, 0.3) is 0 Å². The molecule has 0 heterocycles. The van der Waals surface area contributed by atoms with E-state index in [0.29, 0.717) is 27.9 Å². The number of thiocarbonyl (C=S) groups is 1. The van der Waals surface area contributed by atoms with Crippen molar-refractivity contribution in [2.45, 2.75) is 0 Å². The average Bonchev–Trinajstić information content (AvgIpc) is 2.68. The van der Waals surface area contributed by atoms with E-state index in [0.717, 1.165) is 11.4 Å². The minimum absolute atomic E-state index is 0.353. The first kappa shape index (κ1) is 19.3. The number of rotatable bonds is 7. The van der Waals surface area contributed by atoms with Gasteiger partial charge in [-0.05, 0) is 42.5 Å². The largest absolute Gasteiger partial charge is 0.497 e. The molecule has 0 aliphatic carbocycles. The summed E-state index contributed by atoms with van der Waals surface area (Å²) in [6.07, 6.45) is 1.59. The SMILES string of the molecule is COc1ccc(NC(=S)N/N=C\c2cc(OC)c(OC)cc2OC)cc1. The Morgan fingerprint density at radius 2 is 1.50 bits per heavy atom. The highest BCUT2D eigenvalue weighted by molar-refractivity contribution is 7.80. The number of nitrogens with one attached hydrogen (secondary N) is 2. The van der Waals surface area contributed by atoms with Crippen molar-refractivity contribution >= 4 is 29.2 Å². The Morgan fingerprint density at radius 3 is 2.08 bits per heavy atom. The summed E-state index contributed by atoms with van der Waals surface area (Å²) < 4.78 is 21.0. The zero-order chi connectivity index (χ0) is 18.9. The summed E-state index contributed by atoms with van der Waals surface area (Å²) in [7, 11) is 6.32. The molecule has 0 spiro atoms. The highest BCUT2D eigenvalue weighted by Gasteiger charge is 2.10. The van der Waals surface area contributed by atoms with Gasteiger partial charge in [-0.3, -0.25) is 5.43 Å². The molecule has 2 aromatic carbocycles. The molecule has 0 radical (unpaired) electrons. The second-order valence-electron chi connectivity index (χ2n) is 5.00. The molecule has 0 atom stereocenters. The molecule has 8 heteroatoms. The van der Waals surface area contributed by atoms with Gasteiger partial charge in [0.05, 0.1) is 34.7 Å². The van der Waals surface area contributed by atoms with Gasteiger partial charge < -0.3 is 24.3 Å². The molecule has 0 aliphatic heterocycles. The Kier molecular flexibility index (Phi) is 7.04. The standard InChI is InChI=1S/C18H21N3O4S/c1-22-14-7-5-13(6-8-14)20-18(26)21-19-11-12-9-16(24-3)17(25-4)10-15(12)23-2/h5-11H,1-4H3,(H2,20,21,26)/b19-11-. The molecule has 2 N–H and O–H groups in total. The fourth-order valence-corrected chi connectivity index (χ4v) is 2.32. The number of hydrogen-bond acceptors (Lipinski definition) is 6. The second kappa shape index (κ2) is 9.47. The first-order valence-electron chi connectivity index (χ1n) is 7.65. The van der Waals surface area contributed by atoms with Crippen molar-refractivity contribution in [1.82, 2.24) is 5.43 Å². The van der Waals surface area contributed by atoms with Gasteiger partial charge in [-0.1, -0.05) is 0 Å². The number of ether oxygens (including phenoxy) is 4. The Hall–Kier alpha value is -3.00. The molecule has 0 fully saturated rings. The lowest BCUT2D eigenvalue weighted by Gasteiger charge is -2.12. The van der Waals surface area contributed by atoms with Gasteiger partial charge in [-0.2, -0.15) is 5.10 Å². The van der Waals surface area contributed by atoms with E-state index in [1.807, 2.05) is 24.3 Å². The van der Waals surface area contributed by atoms with Crippen LogP contribution in [0.25, 0.3) is 0 Å². The minimum atomic E-state index is 0.353. The van der Waals surface area contributed by atoms with Gasteiger partial charge >= 0.3 is 0 Å². The molecule has 7 nitrogen and oxygen atoms in total. The van der Waals surface area contributed by atoms with Gasteiger partial charge in [0.15, 0.2) is 16.6 Å². The molecule has 0 amide bonds. The third-order valence-corrected chi connectivity index (χ3v) is 3.65. The van der Waals surface area contributed by atoms with Crippen molar-refractivity contribution in [2.24, 2.45) is 5.10 Å². The van der Waals surface area contributed by atoms with Crippen molar-refractivity contribution in [3.05, 3.63) is 42.0 Å². The number of benzene rings is 2. The van der Waals surface area contributed by atoms with Crippen LogP contribution in [0.5, 0.6) is 23.0 Å². The van der Waals surface area contributed by atoms with Gasteiger partial charge in [0, 0.05) is 17.3 Å². The van der Waals surface area contributed by atoms with E-state index in [1.165, 1.54) is 0 Å². The first-order valence-corrected chi connectivity index (χ1v) is 8.06. The highest BCUT2D eigenvalue weighted by Crippen LogP contribution is 2.33. The summed E-state index contributed by atoms with van der Waals surface area (Å²) in [5.74, 6) is 2.52. The molecule has 0 unspecified atom stereocenters. The maximum absolute atomic E-state index is 5.35. The van der Waals surface area contributed by atoms with E-state index in [4.69, 9.17) is 31.2 Å². The highest BCUT2D eigenvalue weighted by atomic mass is 32.1. The molecule has 0 saturated heterocycles. The molecule has 0 saturated carbocycles. The zero-order valence-corrected chi connectivity index (χ0v) is 15.8. The van der Waals surface area contributed by atoms with Gasteiger partial charge in [-0.15, -0.1) is 0 Å². The minimum Gasteiger partial charge on any atom is -0.497 e. The fraction of sp³-hybridized carbons (Fsp3) is 0.222. The lowest BCUT2D eigenvalue weighted by atomic mass is 10.2. The fourth-order valence-electron chi connectivity index (χ4n) is 2.15. The smallest absolute Gasteiger partial charge is 0.191 e. The molecule has 138 valence electrons. The molecule has 2 aromatic rings. The lowest BCUT2D eigenvalue weighted by Crippen LogP contribution is -2.23. The van der Waals surface area contributed by atoms with Crippen LogP contribution in [0.4, 0.5) is 5.69 Å². The molecule has 0 aromatic heterocycles. The molecule has 0 aliphatic rings. The second-order valence-corrected chi connectivity index (χ2v) is 5.41. The zero-order valence-electron chi connectivity index (χ0n) is 15.0. The third-order valence-electron chi connectivity index (χ3n) is 3.45. The predicted octanol–water partition coefficient (Wildman–Crippen LogP) is 3.04. The van der Waals surface area contributed by atoms with Crippen molar-refractivity contribution in [3.8, 4) is 23.0 Å². The van der Waals surface area contributed by atoms with E-state index < -0.39 is 0 Å². The maximum atomic E-state index is 5.35. The van der Waals surface area contributed by atoms with Gasteiger partial charge in [-0.25, -0.2) is 0 Å². The van der Waals surface area contributed by atoms with E-state index in [-0.39, 0.29) is 0 Å². The maximum Gasteiger partial charge on any atom is 0.191 e. The van der Waals surface area contributed by atoms with Crippen LogP contribution in [0.2, 0.25) is 0 Å². The van der Waals surface area contributed by atoms with Crippen LogP contribution in [-0.2, 0) is 0 Å². The van der Waals surface area contributed by atoms with E-state index in [2.05, 4.69) is 15.8 Å². The first-order chi connectivity index (χ1) is 12.6. The topological polar surface area (TPSA) is 73.3 Å². The summed E-state index contributed by atoms with van der Waals surface area (Å²) in [6, 6.07) is 10.9. The summed E-state index contributed by atoms with van der Waals surface area (Å²) >= 11 is 5.22. The number of methoxy groups -OCH3 is 4. The predicted molar refractivity (Wildman–Crippen MR) is 106 cm³/mol. The van der Waals surface area contributed by atoms with Crippen LogP contribution < -0.4 is 29.7 Å². The van der Waals surface area contributed by atoms with E-state index in [9.17, 15) is 0 Å². The number of hydrazone groups is 1. The van der Waals surface area contributed by atoms with Gasteiger partial charge in [0.2, 0.25) is 0 Å². The van der Waals surface area contributed by atoms with Crippen molar-refractivity contribution < 1.29 is 18.9 Å². The van der Waals surface area contributed by atoms with Crippen LogP contribution in [0.15, 0.2) is 41.5 Å². The number of hydrogen-bond donors (Lipinski definition) is 2. The van der Waals surface area contributed by atoms with Gasteiger partial charge in [0.1, 0.15) is 11.5 Å². The molecule has 26 heavy (non-hydrogen) atoms. The number of nitrogens with zero attached hydrogens (tertiary/aromatic N) is 1.